The van der Waals surface area contributed by atoms with Gasteiger partial charge in [0.25, 0.3) is 5.91 Å². The van der Waals surface area contributed by atoms with Gasteiger partial charge in [-0.25, -0.2) is 8.78 Å². The van der Waals surface area contributed by atoms with Crippen LogP contribution in [0.3, 0.4) is 0 Å². The summed E-state index contributed by atoms with van der Waals surface area (Å²) in [5, 5.41) is 11.3. The molecule has 106 valence electrons. The molecule has 0 aliphatic heterocycles. The summed E-state index contributed by atoms with van der Waals surface area (Å²) in [5.74, 6) is -2.11. The summed E-state index contributed by atoms with van der Waals surface area (Å²) in [4.78, 5) is 11.5. The van der Waals surface area contributed by atoms with Gasteiger partial charge in [0.15, 0.2) is 18.2 Å². The van der Waals surface area contributed by atoms with Gasteiger partial charge in [-0.2, -0.15) is 0 Å². The van der Waals surface area contributed by atoms with Crippen molar-refractivity contribution in [2.75, 3.05) is 13.2 Å². The van der Waals surface area contributed by atoms with Crippen LogP contribution in [0.2, 0.25) is 0 Å². The van der Waals surface area contributed by atoms with Crippen molar-refractivity contribution in [2.24, 2.45) is 0 Å². The number of halogens is 2. The normalized spacial score (nSPS) is 12.0. The van der Waals surface area contributed by atoms with Gasteiger partial charge in [-0.05, 0) is 31.9 Å². The summed E-state index contributed by atoms with van der Waals surface area (Å²) in [6, 6.07) is 2.78. The van der Waals surface area contributed by atoms with Gasteiger partial charge in [-0.15, -0.1) is 0 Å². The Morgan fingerprint density at radius 2 is 2.21 bits per heavy atom. The second kappa shape index (κ2) is 7.68. The predicted octanol–water partition coefficient (Wildman–Crippen LogP) is 1.62. The standard InChI is InChI=1S/C13H17F2NO3/c1-9(3-2-6-17)16-13(18)8-19-12-5-4-10(14)7-11(12)15/h4-5,7,9,17H,2-3,6,8H2,1H3,(H,16,18). The van der Waals surface area contributed by atoms with Crippen LogP contribution >= 0.6 is 0 Å². The molecule has 1 aromatic carbocycles. The molecule has 4 nitrogen and oxygen atoms in total. The van der Waals surface area contributed by atoms with Crippen molar-refractivity contribution in [2.45, 2.75) is 25.8 Å². The van der Waals surface area contributed by atoms with Crippen molar-refractivity contribution in [3.05, 3.63) is 29.8 Å². The van der Waals surface area contributed by atoms with E-state index in [0.29, 0.717) is 18.9 Å². The van der Waals surface area contributed by atoms with E-state index >= 15 is 0 Å². The van der Waals surface area contributed by atoms with E-state index in [2.05, 4.69) is 5.32 Å². The van der Waals surface area contributed by atoms with E-state index in [9.17, 15) is 13.6 Å². The lowest BCUT2D eigenvalue weighted by Gasteiger charge is -2.13. The Kier molecular flexibility index (Phi) is 6.21. The molecule has 0 fully saturated rings. The number of benzene rings is 1. The maximum absolute atomic E-state index is 13.2. The van der Waals surface area contributed by atoms with E-state index in [4.69, 9.17) is 9.84 Å². The molecule has 0 bridgehead atoms. The van der Waals surface area contributed by atoms with E-state index in [1.54, 1.807) is 6.92 Å². The van der Waals surface area contributed by atoms with Crippen LogP contribution in [-0.4, -0.2) is 30.3 Å². The first-order valence-electron chi connectivity index (χ1n) is 6.01. The second-order valence-electron chi connectivity index (χ2n) is 4.20. The van der Waals surface area contributed by atoms with Gasteiger partial charge in [0.1, 0.15) is 5.82 Å². The molecule has 1 unspecified atom stereocenters. The minimum Gasteiger partial charge on any atom is -0.481 e. The molecule has 1 rings (SSSR count). The Morgan fingerprint density at radius 1 is 1.47 bits per heavy atom. The number of carbonyl (C=O) groups excluding carboxylic acids is 1. The summed E-state index contributed by atoms with van der Waals surface area (Å²) in [5.41, 5.74) is 0. The molecule has 1 atom stereocenters. The lowest BCUT2D eigenvalue weighted by Crippen LogP contribution is -2.36. The minimum absolute atomic E-state index is 0.0670. The molecule has 0 heterocycles. The number of aliphatic hydroxyl groups is 1. The fourth-order valence-electron chi connectivity index (χ4n) is 1.52. The van der Waals surface area contributed by atoms with Crippen molar-refractivity contribution in [3.8, 4) is 5.75 Å². The number of amides is 1. The van der Waals surface area contributed by atoms with Gasteiger partial charge < -0.3 is 15.2 Å². The third-order valence-corrected chi connectivity index (χ3v) is 2.46. The molecule has 0 radical (unpaired) electrons. The highest BCUT2D eigenvalue weighted by atomic mass is 19.1. The van der Waals surface area contributed by atoms with Gasteiger partial charge in [0.2, 0.25) is 0 Å². The Hall–Kier alpha value is -1.69. The number of hydrogen-bond acceptors (Lipinski definition) is 3. The van der Waals surface area contributed by atoms with Crippen molar-refractivity contribution in [1.82, 2.24) is 5.32 Å². The number of aliphatic hydroxyl groups excluding tert-OH is 1. The maximum atomic E-state index is 13.2. The number of rotatable bonds is 7. The number of hydrogen-bond donors (Lipinski definition) is 2. The number of carbonyl (C=O) groups is 1. The first kappa shape index (κ1) is 15.4. The van der Waals surface area contributed by atoms with Crippen molar-refractivity contribution in [3.63, 3.8) is 0 Å². The average molecular weight is 273 g/mol. The monoisotopic (exact) mass is 273 g/mol. The topological polar surface area (TPSA) is 58.6 Å². The van der Waals surface area contributed by atoms with Crippen LogP contribution in [0, 0.1) is 11.6 Å². The number of ether oxygens (including phenoxy) is 1. The van der Waals surface area contributed by atoms with E-state index in [-0.39, 0.29) is 25.0 Å². The molecule has 2 N–H and O–H groups in total. The molecule has 0 aliphatic carbocycles. The Bertz CT molecular complexity index is 426. The van der Waals surface area contributed by atoms with E-state index in [0.717, 1.165) is 12.1 Å². The van der Waals surface area contributed by atoms with Crippen molar-refractivity contribution in [1.29, 1.82) is 0 Å². The highest BCUT2D eigenvalue weighted by molar-refractivity contribution is 5.77. The van der Waals surface area contributed by atoms with Crippen LogP contribution in [0.1, 0.15) is 19.8 Å². The summed E-state index contributed by atoms with van der Waals surface area (Å²) in [6.45, 7) is 1.52. The lowest BCUT2D eigenvalue weighted by molar-refractivity contribution is -0.123. The van der Waals surface area contributed by atoms with E-state index in [1.165, 1.54) is 0 Å². The minimum atomic E-state index is -0.846. The Labute approximate surface area is 110 Å². The maximum Gasteiger partial charge on any atom is 0.258 e. The molecule has 0 aliphatic rings. The first-order chi connectivity index (χ1) is 9.02. The van der Waals surface area contributed by atoms with Gasteiger partial charge in [-0.3, -0.25) is 4.79 Å². The fraction of sp³-hybridized carbons (Fsp3) is 0.462. The zero-order chi connectivity index (χ0) is 14.3. The first-order valence-corrected chi connectivity index (χ1v) is 6.01. The quantitative estimate of drug-likeness (QED) is 0.793. The summed E-state index contributed by atoms with van der Waals surface area (Å²) in [7, 11) is 0. The van der Waals surface area contributed by atoms with Crippen LogP contribution in [-0.2, 0) is 4.79 Å². The van der Waals surface area contributed by atoms with Crippen LogP contribution < -0.4 is 10.1 Å². The van der Waals surface area contributed by atoms with Gasteiger partial charge in [0.05, 0.1) is 0 Å². The lowest BCUT2D eigenvalue weighted by atomic mass is 10.2. The van der Waals surface area contributed by atoms with E-state index < -0.39 is 17.5 Å². The van der Waals surface area contributed by atoms with Crippen LogP contribution in [0.4, 0.5) is 8.78 Å². The molecular weight excluding hydrogens is 256 g/mol. The molecular formula is C13H17F2NO3. The fourth-order valence-corrected chi connectivity index (χ4v) is 1.52. The zero-order valence-electron chi connectivity index (χ0n) is 10.7. The molecule has 19 heavy (non-hydrogen) atoms. The average Bonchev–Trinajstić information content (AvgIpc) is 2.35. The van der Waals surface area contributed by atoms with Gasteiger partial charge in [-0.1, -0.05) is 0 Å². The van der Waals surface area contributed by atoms with Crippen molar-refractivity contribution < 1.29 is 23.4 Å². The van der Waals surface area contributed by atoms with Crippen molar-refractivity contribution >= 4 is 5.91 Å². The Balaban J connectivity index is 2.37. The Morgan fingerprint density at radius 3 is 2.84 bits per heavy atom. The molecule has 1 amide bonds. The largest absolute Gasteiger partial charge is 0.481 e. The molecule has 0 spiro atoms. The van der Waals surface area contributed by atoms with Gasteiger partial charge in [0, 0.05) is 18.7 Å². The molecule has 0 saturated heterocycles. The predicted molar refractivity (Wildman–Crippen MR) is 65.8 cm³/mol. The van der Waals surface area contributed by atoms with Crippen LogP contribution in [0.15, 0.2) is 18.2 Å². The summed E-state index contributed by atoms with van der Waals surface area (Å²) >= 11 is 0. The van der Waals surface area contributed by atoms with Crippen LogP contribution in [0.25, 0.3) is 0 Å². The molecule has 1 aromatic rings. The highest BCUT2D eigenvalue weighted by Gasteiger charge is 2.10. The smallest absolute Gasteiger partial charge is 0.258 e. The SMILES string of the molecule is CC(CCCO)NC(=O)COc1ccc(F)cc1F. The summed E-state index contributed by atoms with van der Waals surface area (Å²) < 4.78 is 30.8. The molecule has 0 saturated carbocycles. The van der Waals surface area contributed by atoms with Crippen LogP contribution in [0.5, 0.6) is 5.75 Å². The van der Waals surface area contributed by atoms with Gasteiger partial charge >= 0.3 is 0 Å². The van der Waals surface area contributed by atoms with E-state index in [1.807, 2.05) is 0 Å². The molecule has 6 heteroatoms. The third kappa shape index (κ3) is 5.65. The third-order valence-electron chi connectivity index (χ3n) is 2.46. The highest BCUT2D eigenvalue weighted by Crippen LogP contribution is 2.17. The second-order valence-corrected chi connectivity index (χ2v) is 4.20. The zero-order valence-corrected chi connectivity index (χ0v) is 10.7. The number of nitrogens with one attached hydrogen (secondary N) is 1. The molecule has 0 aromatic heterocycles. The summed E-state index contributed by atoms with van der Waals surface area (Å²) in [6.07, 6.45) is 1.24.